The normalized spacial score (nSPS) is 13.7. The average Bonchev–Trinajstić information content (AvgIpc) is 3.05. The maximum absolute atomic E-state index is 12.0. The second-order valence-corrected chi connectivity index (χ2v) is 5.99. The van der Waals surface area contributed by atoms with Gasteiger partial charge in [0, 0.05) is 10.3 Å². The van der Waals surface area contributed by atoms with Gasteiger partial charge < -0.3 is 16.2 Å². The Balaban J connectivity index is 2.14. The molecule has 0 aliphatic heterocycles. The molecule has 0 radical (unpaired) electrons. The summed E-state index contributed by atoms with van der Waals surface area (Å²) in [5, 5.41) is 15.6. The monoisotopic (exact) mass is 311 g/mol. The van der Waals surface area contributed by atoms with Crippen LogP contribution in [0.3, 0.4) is 0 Å². The van der Waals surface area contributed by atoms with Gasteiger partial charge in [-0.25, -0.2) is 9.78 Å². The molecule has 2 atom stereocenters. The second-order valence-electron chi connectivity index (χ2n) is 4.12. The van der Waals surface area contributed by atoms with Crippen LogP contribution in [0.1, 0.15) is 39.4 Å². The Kier molecular flexibility index (Phi) is 4.48. The number of carbonyl (C=O) groups is 2. The van der Waals surface area contributed by atoms with Crippen LogP contribution >= 0.6 is 22.7 Å². The van der Waals surface area contributed by atoms with Crippen molar-refractivity contribution in [3.63, 3.8) is 0 Å². The number of nitrogens with two attached hydrogens (primary N) is 1. The zero-order valence-electron chi connectivity index (χ0n) is 10.6. The summed E-state index contributed by atoms with van der Waals surface area (Å²) in [6, 6.07) is 2.08. The SMILES string of the molecule is CC(N)c1nc(C(=O)NC(C(=O)O)c2cccs2)cs1. The van der Waals surface area contributed by atoms with E-state index >= 15 is 0 Å². The Morgan fingerprint density at radius 3 is 2.70 bits per heavy atom. The number of thiazole rings is 1. The summed E-state index contributed by atoms with van der Waals surface area (Å²) in [5.74, 6) is -1.63. The number of aliphatic carboxylic acids is 1. The van der Waals surface area contributed by atoms with Gasteiger partial charge in [0.25, 0.3) is 5.91 Å². The number of aromatic nitrogens is 1. The van der Waals surface area contributed by atoms with E-state index in [9.17, 15) is 14.7 Å². The molecule has 0 saturated carbocycles. The second kappa shape index (κ2) is 6.12. The summed E-state index contributed by atoms with van der Waals surface area (Å²) < 4.78 is 0. The van der Waals surface area contributed by atoms with E-state index in [1.807, 2.05) is 0 Å². The van der Waals surface area contributed by atoms with Crippen LogP contribution < -0.4 is 11.1 Å². The molecule has 1 amide bonds. The smallest absolute Gasteiger partial charge is 0.331 e. The van der Waals surface area contributed by atoms with Crippen molar-refractivity contribution < 1.29 is 14.7 Å². The van der Waals surface area contributed by atoms with Gasteiger partial charge in [-0.1, -0.05) is 6.07 Å². The number of nitrogens with zero attached hydrogens (tertiary/aromatic N) is 1. The van der Waals surface area contributed by atoms with Gasteiger partial charge in [-0.3, -0.25) is 4.79 Å². The van der Waals surface area contributed by atoms with Gasteiger partial charge in [0.15, 0.2) is 6.04 Å². The van der Waals surface area contributed by atoms with Crippen molar-refractivity contribution in [2.75, 3.05) is 0 Å². The summed E-state index contributed by atoms with van der Waals surface area (Å²) in [6.45, 7) is 1.77. The predicted octanol–water partition coefficient (Wildman–Crippen LogP) is 1.78. The number of rotatable bonds is 5. The van der Waals surface area contributed by atoms with Gasteiger partial charge >= 0.3 is 5.97 Å². The average molecular weight is 311 g/mol. The lowest BCUT2D eigenvalue weighted by Crippen LogP contribution is -2.33. The van der Waals surface area contributed by atoms with Crippen molar-refractivity contribution in [2.24, 2.45) is 5.73 Å². The molecule has 0 aliphatic carbocycles. The topological polar surface area (TPSA) is 105 Å². The Morgan fingerprint density at radius 1 is 1.45 bits per heavy atom. The standard InChI is InChI=1S/C12H13N3O3S2/c1-6(13)11-14-7(5-20-11)10(16)15-9(12(17)18)8-3-2-4-19-8/h2-6,9H,13H2,1H3,(H,15,16)(H,17,18). The molecule has 0 aliphatic rings. The molecule has 8 heteroatoms. The molecule has 0 bridgehead atoms. The van der Waals surface area contributed by atoms with Gasteiger partial charge in [0.2, 0.25) is 0 Å². The van der Waals surface area contributed by atoms with E-state index in [0.29, 0.717) is 9.88 Å². The lowest BCUT2D eigenvalue weighted by Gasteiger charge is -2.11. The molecule has 2 unspecified atom stereocenters. The maximum atomic E-state index is 12.0. The van der Waals surface area contributed by atoms with Crippen LogP contribution in [0, 0.1) is 0 Å². The summed E-state index contributed by atoms with van der Waals surface area (Å²) in [7, 11) is 0. The summed E-state index contributed by atoms with van der Waals surface area (Å²) in [5.41, 5.74) is 5.86. The maximum Gasteiger partial charge on any atom is 0.331 e. The minimum Gasteiger partial charge on any atom is -0.479 e. The molecule has 0 spiro atoms. The van der Waals surface area contributed by atoms with Crippen LogP contribution in [0.5, 0.6) is 0 Å². The van der Waals surface area contributed by atoms with E-state index < -0.39 is 17.9 Å². The minimum absolute atomic E-state index is 0.185. The van der Waals surface area contributed by atoms with Gasteiger partial charge in [-0.15, -0.1) is 22.7 Å². The van der Waals surface area contributed by atoms with E-state index in [-0.39, 0.29) is 11.7 Å². The molecule has 20 heavy (non-hydrogen) atoms. The van der Waals surface area contributed by atoms with Crippen LogP contribution in [0.2, 0.25) is 0 Å². The van der Waals surface area contributed by atoms with Crippen molar-refractivity contribution in [3.8, 4) is 0 Å². The van der Waals surface area contributed by atoms with Crippen LogP contribution in [0.25, 0.3) is 0 Å². The number of carboxylic acid groups (broad SMARTS) is 1. The predicted molar refractivity (Wildman–Crippen MR) is 76.9 cm³/mol. The Morgan fingerprint density at radius 2 is 2.20 bits per heavy atom. The van der Waals surface area contributed by atoms with Crippen LogP contribution in [0.4, 0.5) is 0 Å². The molecule has 0 saturated heterocycles. The third-order valence-corrected chi connectivity index (χ3v) is 4.48. The highest BCUT2D eigenvalue weighted by atomic mass is 32.1. The Bertz CT molecular complexity index is 607. The molecule has 2 aromatic heterocycles. The van der Waals surface area contributed by atoms with Crippen molar-refractivity contribution in [2.45, 2.75) is 19.0 Å². The highest BCUT2D eigenvalue weighted by molar-refractivity contribution is 7.10. The first-order chi connectivity index (χ1) is 9.49. The molecule has 106 valence electrons. The molecule has 0 fully saturated rings. The highest BCUT2D eigenvalue weighted by Gasteiger charge is 2.24. The van der Waals surface area contributed by atoms with E-state index in [4.69, 9.17) is 5.73 Å². The van der Waals surface area contributed by atoms with Gasteiger partial charge in [0.1, 0.15) is 10.7 Å². The first-order valence-electron chi connectivity index (χ1n) is 5.77. The largest absolute Gasteiger partial charge is 0.479 e. The first kappa shape index (κ1) is 14.6. The number of amides is 1. The molecule has 2 aromatic rings. The summed E-state index contributed by atoms with van der Waals surface area (Å²) in [6.07, 6.45) is 0. The number of carboxylic acids is 1. The molecular formula is C12H13N3O3S2. The molecule has 6 nitrogen and oxygen atoms in total. The quantitative estimate of drug-likeness (QED) is 0.780. The fourth-order valence-corrected chi connectivity index (χ4v) is 3.04. The third kappa shape index (κ3) is 3.21. The lowest BCUT2D eigenvalue weighted by atomic mass is 10.2. The molecule has 2 rings (SSSR count). The van der Waals surface area contributed by atoms with Crippen LogP contribution in [-0.2, 0) is 4.79 Å². The first-order valence-corrected chi connectivity index (χ1v) is 7.53. The van der Waals surface area contributed by atoms with Crippen molar-refractivity contribution in [3.05, 3.63) is 38.5 Å². The highest BCUT2D eigenvalue weighted by Crippen LogP contribution is 2.21. The number of nitrogens with one attached hydrogen (secondary N) is 1. The number of hydrogen-bond donors (Lipinski definition) is 3. The van der Waals surface area contributed by atoms with Gasteiger partial charge in [-0.2, -0.15) is 0 Å². The van der Waals surface area contributed by atoms with Crippen molar-refractivity contribution in [1.82, 2.24) is 10.3 Å². The minimum atomic E-state index is -1.11. The molecular weight excluding hydrogens is 298 g/mol. The van der Waals surface area contributed by atoms with Crippen molar-refractivity contribution >= 4 is 34.6 Å². The summed E-state index contributed by atoms with van der Waals surface area (Å²) in [4.78, 5) is 27.9. The van der Waals surface area contributed by atoms with Crippen LogP contribution in [-0.4, -0.2) is 22.0 Å². The molecule has 4 N–H and O–H groups in total. The Labute approximate surface area is 123 Å². The lowest BCUT2D eigenvalue weighted by molar-refractivity contribution is -0.139. The van der Waals surface area contributed by atoms with E-state index in [1.54, 1.807) is 29.8 Å². The Hall–Kier alpha value is -1.77. The number of thiophene rings is 1. The van der Waals surface area contributed by atoms with Crippen molar-refractivity contribution in [1.29, 1.82) is 0 Å². The third-order valence-electron chi connectivity index (χ3n) is 2.49. The zero-order valence-corrected chi connectivity index (χ0v) is 12.2. The number of hydrogen-bond acceptors (Lipinski definition) is 6. The van der Waals surface area contributed by atoms with Gasteiger partial charge in [0.05, 0.1) is 6.04 Å². The number of carbonyl (C=O) groups excluding carboxylic acids is 1. The zero-order chi connectivity index (χ0) is 14.7. The molecule has 0 aromatic carbocycles. The fourth-order valence-electron chi connectivity index (χ4n) is 1.52. The molecule has 2 heterocycles. The van der Waals surface area contributed by atoms with Crippen LogP contribution in [0.15, 0.2) is 22.9 Å². The van der Waals surface area contributed by atoms with E-state index in [2.05, 4.69) is 10.3 Å². The van der Waals surface area contributed by atoms with Gasteiger partial charge in [-0.05, 0) is 18.4 Å². The van der Waals surface area contributed by atoms with E-state index in [1.165, 1.54) is 22.7 Å². The fraction of sp³-hybridized carbons (Fsp3) is 0.250. The van der Waals surface area contributed by atoms with E-state index in [0.717, 1.165) is 0 Å². The summed E-state index contributed by atoms with van der Waals surface area (Å²) >= 11 is 2.55.